The summed E-state index contributed by atoms with van der Waals surface area (Å²) in [4.78, 5) is 25.5. The second kappa shape index (κ2) is 11.0. The number of carbonyl (C=O) groups excluding carboxylic acids is 2. The molecule has 0 spiro atoms. The second-order valence-electron chi connectivity index (χ2n) is 8.81. The molecule has 0 unspecified atom stereocenters. The maximum atomic E-state index is 12.8. The van der Waals surface area contributed by atoms with Crippen LogP contribution in [-0.4, -0.2) is 31.1 Å². The van der Waals surface area contributed by atoms with Gasteiger partial charge in [0, 0.05) is 16.9 Å². The van der Waals surface area contributed by atoms with Crippen molar-refractivity contribution in [2.75, 3.05) is 24.9 Å². The van der Waals surface area contributed by atoms with Crippen molar-refractivity contribution >= 4 is 40.5 Å². The van der Waals surface area contributed by atoms with Gasteiger partial charge in [0.05, 0.1) is 14.2 Å². The molecular weight excluding hydrogens is 462 g/mol. The Labute approximate surface area is 210 Å². The minimum absolute atomic E-state index is 0.0135. The van der Waals surface area contributed by atoms with E-state index in [2.05, 4.69) is 36.7 Å². The Hall–Kier alpha value is -3.91. The molecule has 0 aliphatic carbocycles. The summed E-state index contributed by atoms with van der Waals surface area (Å²) in [6.45, 7) is 6.38. The summed E-state index contributed by atoms with van der Waals surface area (Å²) in [5, 5.41) is 8.56. The van der Waals surface area contributed by atoms with Gasteiger partial charge in [-0.05, 0) is 65.7 Å². The molecule has 3 aromatic rings. The van der Waals surface area contributed by atoms with Crippen molar-refractivity contribution in [3.05, 3.63) is 83.4 Å². The number of anilines is 2. The molecule has 3 rings (SSSR count). The van der Waals surface area contributed by atoms with E-state index < -0.39 is 5.91 Å². The predicted molar refractivity (Wildman–Crippen MR) is 143 cm³/mol. The highest BCUT2D eigenvalue weighted by Gasteiger charge is 2.19. The molecule has 3 aromatic carbocycles. The summed E-state index contributed by atoms with van der Waals surface area (Å²) in [6, 6.07) is 19.7. The van der Waals surface area contributed by atoms with Gasteiger partial charge in [0.1, 0.15) is 17.1 Å². The van der Waals surface area contributed by atoms with E-state index in [4.69, 9.17) is 21.7 Å². The van der Waals surface area contributed by atoms with Gasteiger partial charge in [0.2, 0.25) is 0 Å². The zero-order valence-corrected chi connectivity index (χ0v) is 21.2. The third kappa shape index (κ3) is 6.58. The fraction of sp³-hybridized carbons (Fsp3) is 0.222. The van der Waals surface area contributed by atoms with E-state index in [1.54, 1.807) is 42.5 Å². The van der Waals surface area contributed by atoms with Crippen molar-refractivity contribution in [3.8, 4) is 11.5 Å². The van der Waals surface area contributed by atoms with Crippen LogP contribution in [0.2, 0.25) is 0 Å². The molecule has 0 bridgehead atoms. The number of nitrogens with one attached hydrogen (secondary N) is 3. The molecule has 2 amide bonds. The van der Waals surface area contributed by atoms with Gasteiger partial charge in [0.25, 0.3) is 11.8 Å². The molecule has 0 heterocycles. The number of rotatable bonds is 6. The molecular formula is C27H29N3O4S. The van der Waals surface area contributed by atoms with Crippen molar-refractivity contribution in [2.45, 2.75) is 26.2 Å². The number of carbonyl (C=O) groups is 2. The maximum Gasteiger partial charge on any atom is 0.264 e. The Kier molecular flexibility index (Phi) is 8.09. The first-order valence-electron chi connectivity index (χ1n) is 11.0. The summed E-state index contributed by atoms with van der Waals surface area (Å²) >= 11 is 5.31. The summed E-state index contributed by atoms with van der Waals surface area (Å²) in [5.41, 5.74) is 3.15. The number of benzene rings is 3. The van der Waals surface area contributed by atoms with Gasteiger partial charge in [-0.1, -0.05) is 45.0 Å². The molecule has 3 N–H and O–H groups in total. The zero-order valence-electron chi connectivity index (χ0n) is 20.4. The van der Waals surface area contributed by atoms with Crippen LogP contribution in [0.5, 0.6) is 11.5 Å². The predicted octanol–water partition coefficient (Wildman–Crippen LogP) is 5.38. The average molecular weight is 492 g/mol. The molecule has 0 saturated carbocycles. The van der Waals surface area contributed by atoms with E-state index in [9.17, 15) is 9.59 Å². The molecule has 7 nitrogen and oxygen atoms in total. The third-order valence-electron chi connectivity index (χ3n) is 5.27. The van der Waals surface area contributed by atoms with E-state index in [1.165, 1.54) is 14.2 Å². The Morgan fingerprint density at radius 2 is 1.31 bits per heavy atom. The summed E-state index contributed by atoms with van der Waals surface area (Å²) in [6.07, 6.45) is 0. The van der Waals surface area contributed by atoms with Gasteiger partial charge in [-0.2, -0.15) is 0 Å². The van der Waals surface area contributed by atoms with Crippen LogP contribution in [0.15, 0.2) is 66.7 Å². The Morgan fingerprint density at radius 3 is 1.86 bits per heavy atom. The molecule has 182 valence electrons. The Morgan fingerprint density at radius 1 is 0.771 bits per heavy atom. The minimum atomic E-state index is -0.472. The number of hydrogen-bond acceptors (Lipinski definition) is 5. The van der Waals surface area contributed by atoms with Crippen molar-refractivity contribution < 1.29 is 19.1 Å². The van der Waals surface area contributed by atoms with Gasteiger partial charge in [-0.3, -0.25) is 14.9 Å². The first-order chi connectivity index (χ1) is 16.6. The van der Waals surface area contributed by atoms with Crippen LogP contribution in [0.4, 0.5) is 11.4 Å². The van der Waals surface area contributed by atoms with E-state index in [0.29, 0.717) is 28.4 Å². The van der Waals surface area contributed by atoms with Crippen LogP contribution in [-0.2, 0) is 5.41 Å². The lowest BCUT2D eigenvalue weighted by Crippen LogP contribution is -2.34. The zero-order chi connectivity index (χ0) is 25.6. The Balaban J connectivity index is 1.66. The Bertz CT molecular complexity index is 1210. The normalized spacial score (nSPS) is 10.8. The molecule has 8 heteroatoms. The number of amides is 2. The maximum absolute atomic E-state index is 12.8. The van der Waals surface area contributed by atoms with E-state index in [-0.39, 0.29) is 22.0 Å². The second-order valence-corrected chi connectivity index (χ2v) is 9.22. The van der Waals surface area contributed by atoms with Crippen molar-refractivity contribution in [1.82, 2.24) is 5.32 Å². The van der Waals surface area contributed by atoms with Crippen LogP contribution in [0.1, 0.15) is 47.1 Å². The third-order valence-corrected chi connectivity index (χ3v) is 5.48. The highest BCUT2D eigenvalue weighted by molar-refractivity contribution is 7.80. The number of ether oxygens (including phenoxy) is 2. The highest BCUT2D eigenvalue weighted by atomic mass is 32.1. The number of thiocarbonyl (C=S) groups is 1. The van der Waals surface area contributed by atoms with Gasteiger partial charge >= 0.3 is 0 Å². The summed E-state index contributed by atoms with van der Waals surface area (Å²) in [5.74, 6) is 0.0384. The fourth-order valence-electron chi connectivity index (χ4n) is 3.40. The van der Waals surface area contributed by atoms with E-state index >= 15 is 0 Å². The lowest BCUT2D eigenvalue weighted by atomic mass is 9.87. The van der Waals surface area contributed by atoms with Gasteiger partial charge in [-0.15, -0.1) is 0 Å². The van der Waals surface area contributed by atoms with Crippen molar-refractivity contribution in [3.63, 3.8) is 0 Å². The van der Waals surface area contributed by atoms with Crippen LogP contribution < -0.4 is 25.4 Å². The van der Waals surface area contributed by atoms with E-state index in [0.717, 1.165) is 5.56 Å². The summed E-state index contributed by atoms with van der Waals surface area (Å²) in [7, 11) is 2.95. The smallest absolute Gasteiger partial charge is 0.264 e. The first kappa shape index (κ1) is 25.7. The number of methoxy groups -OCH3 is 2. The summed E-state index contributed by atoms with van der Waals surface area (Å²) < 4.78 is 10.6. The quantitative estimate of drug-likeness (QED) is 0.401. The molecule has 0 aromatic heterocycles. The van der Waals surface area contributed by atoms with Crippen molar-refractivity contribution in [1.29, 1.82) is 0 Å². The molecule has 0 atom stereocenters. The topological polar surface area (TPSA) is 88.7 Å². The number of hydrogen-bond donors (Lipinski definition) is 3. The average Bonchev–Trinajstić information content (AvgIpc) is 2.83. The molecule has 0 saturated heterocycles. The molecule has 35 heavy (non-hydrogen) atoms. The van der Waals surface area contributed by atoms with E-state index in [1.807, 2.05) is 24.3 Å². The highest BCUT2D eigenvalue weighted by Crippen LogP contribution is 2.28. The first-order valence-corrected chi connectivity index (χ1v) is 11.4. The van der Waals surface area contributed by atoms with Crippen LogP contribution in [0.3, 0.4) is 0 Å². The molecule has 0 radical (unpaired) electrons. The SMILES string of the molecule is COc1cccc(OC)c1C(=O)NC(=S)Nc1cccc(NC(=O)c2ccc(C(C)(C)C)cc2)c1. The van der Waals surface area contributed by atoms with Crippen LogP contribution >= 0.6 is 12.2 Å². The lowest BCUT2D eigenvalue weighted by molar-refractivity contribution is 0.0970. The van der Waals surface area contributed by atoms with Gasteiger partial charge in [-0.25, -0.2) is 0 Å². The molecule has 0 fully saturated rings. The van der Waals surface area contributed by atoms with Crippen LogP contribution in [0.25, 0.3) is 0 Å². The molecule has 0 aliphatic heterocycles. The standard InChI is InChI=1S/C27H29N3O4S/c1-27(2,3)18-14-12-17(13-15-18)24(31)28-19-8-6-9-20(16-19)29-26(35)30-25(32)23-21(33-4)10-7-11-22(23)34-5/h6-16H,1-5H3,(H,28,31)(H2,29,30,32,35). The monoisotopic (exact) mass is 491 g/mol. The van der Waals surface area contributed by atoms with Crippen LogP contribution in [0, 0.1) is 0 Å². The minimum Gasteiger partial charge on any atom is -0.496 e. The largest absolute Gasteiger partial charge is 0.496 e. The van der Waals surface area contributed by atoms with Gasteiger partial charge < -0.3 is 20.1 Å². The fourth-order valence-corrected chi connectivity index (χ4v) is 3.61. The lowest BCUT2D eigenvalue weighted by Gasteiger charge is -2.19. The molecule has 0 aliphatic rings. The van der Waals surface area contributed by atoms with Crippen molar-refractivity contribution in [2.24, 2.45) is 0 Å². The van der Waals surface area contributed by atoms with Gasteiger partial charge in [0.15, 0.2) is 5.11 Å².